The lowest BCUT2D eigenvalue weighted by Gasteiger charge is -2.40. The minimum absolute atomic E-state index is 0.0124. The molecule has 4 amide bonds. The fourth-order valence-electron chi connectivity index (χ4n) is 5.01. The number of urea groups is 1. The topological polar surface area (TPSA) is 88.2 Å². The number of nitrogens with zero attached hydrogens (tertiary/aromatic N) is 2. The number of likely N-dealkylation sites (tertiary alicyclic amines) is 1. The third kappa shape index (κ3) is 4.02. The van der Waals surface area contributed by atoms with Gasteiger partial charge in [0.2, 0.25) is 12.7 Å². The van der Waals surface area contributed by atoms with Gasteiger partial charge in [0, 0.05) is 19.5 Å². The molecule has 0 aromatic heterocycles. The second-order valence-corrected chi connectivity index (χ2v) is 9.21. The molecule has 1 aromatic carbocycles. The molecule has 0 radical (unpaired) electrons. The second kappa shape index (κ2) is 9.00. The smallest absolute Gasteiger partial charge is 0.325 e. The number of carbonyl (C=O) groups excluding carboxylic acids is 3. The number of fused-ring (bicyclic) bond motifs is 1. The Hall–Kier alpha value is -2.77. The predicted octanol–water partition coefficient (Wildman–Crippen LogP) is 3.29. The second-order valence-electron chi connectivity index (χ2n) is 9.21. The lowest BCUT2D eigenvalue weighted by atomic mass is 9.75. The van der Waals surface area contributed by atoms with Crippen molar-refractivity contribution in [2.24, 2.45) is 11.8 Å². The molecule has 8 heteroatoms. The number of hydrogen-bond acceptors (Lipinski definition) is 5. The Morgan fingerprint density at radius 1 is 1.19 bits per heavy atom. The van der Waals surface area contributed by atoms with Gasteiger partial charge in [-0.1, -0.05) is 33.3 Å². The van der Waals surface area contributed by atoms with E-state index >= 15 is 0 Å². The zero-order valence-corrected chi connectivity index (χ0v) is 19.2. The molecule has 3 aliphatic heterocycles. The van der Waals surface area contributed by atoms with Crippen LogP contribution in [0.1, 0.15) is 58.4 Å². The van der Waals surface area contributed by atoms with Crippen LogP contribution in [0.15, 0.2) is 18.2 Å². The molecule has 1 N–H and O–H groups in total. The van der Waals surface area contributed by atoms with E-state index in [0.29, 0.717) is 56.2 Å². The van der Waals surface area contributed by atoms with Crippen LogP contribution in [-0.4, -0.2) is 53.1 Å². The summed E-state index contributed by atoms with van der Waals surface area (Å²) >= 11 is 0. The molecule has 1 aromatic rings. The largest absolute Gasteiger partial charge is 0.454 e. The molecule has 2 atom stereocenters. The number of hydrogen-bond donors (Lipinski definition) is 1. The Morgan fingerprint density at radius 2 is 1.91 bits per heavy atom. The average Bonchev–Trinajstić information content (AvgIpc) is 3.37. The quantitative estimate of drug-likeness (QED) is 0.654. The van der Waals surface area contributed by atoms with Gasteiger partial charge in [-0.3, -0.25) is 14.5 Å². The van der Waals surface area contributed by atoms with E-state index in [4.69, 9.17) is 9.47 Å². The molecule has 3 aliphatic rings. The Balaban J connectivity index is 1.43. The van der Waals surface area contributed by atoms with Crippen LogP contribution >= 0.6 is 0 Å². The molecule has 8 nitrogen and oxygen atoms in total. The first-order chi connectivity index (χ1) is 15.4. The van der Waals surface area contributed by atoms with Gasteiger partial charge in [0.1, 0.15) is 5.54 Å². The van der Waals surface area contributed by atoms with Crippen molar-refractivity contribution in [3.63, 3.8) is 0 Å². The summed E-state index contributed by atoms with van der Waals surface area (Å²) in [6.45, 7) is 7.77. The van der Waals surface area contributed by atoms with E-state index in [-0.39, 0.29) is 37.1 Å². The van der Waals surface area contributed by atoms with Crippen molar-refractivity contribution in [3.8, 4) is 11.5 Å². The zero-order chi connectivity index (χ0) is 22.9. The lowest BCUT2D eigenvalue weighted by molar-refractivity contribution is -0.136. The molecule has 174 valence electrons. The predicted molar refractivity (Wildman–Crippen MR) is 118 cm³/mol. The molecule has 0 bridgehead atoms. The number of rotatable bonds is 7. The van der Waals surface area contributed by atoms with Crippen molar-refractivity contribution >= 4 is 17.8 Å². The van der Waals surface area contributed by atoms with E-state index in [2.05, 4.69) is 19.2 Å². The third-order valence-corrected chi connectivity index (χ3v) is 7.30. The maximum Gasteiger partial charge on any atom is 0.325 e. The van der Waals surface area contributed by atoms with Crippen molar-refractivity contribution in [2.45, 2.75) is 65.0 Å². The first-order valence-corrected chi connectivity index (χ1v) is 11.7. The summed E-state index contributed by atoms with van der Waals surface area (Å²) < 4.78 is 10.8. The van der Waals surface area contributed by atoms with E-state index in [1.807, 2.05) is 24.0 Å². The fourth-order valence-corrected chi connectivity index (χ4v) is 5.01. The standard InChI is InChI=1S/C24H33N3O5/c1-4-16(3)12-21(28)26-10-8-18(9-11-26)24(5-2)22(29)27(23(30)25-24)14-17-6-7-19-20(13-17)32-15-31-19/h6-7,13,16,18H,4-5,8-12,14-15H2,1-3H3,(H,25,30). The van der Waals surface area contributed by atoms with Crippen molar-refractivity contribution in [3.05, 3.63) is 23.8 Å². The van der Waals surface area contributed by atoms with Gasteiger partial charge in [-0.15, -0.1) is 0 Å². The third-order valence-electron chi connectivity index (χ3n) is 7.30. The Bertz CT molecular complexity index is 896. The maximum absolute atomic E-state index is 13.5. The number of nitrogens with one attached hydrogen (secondary N) is 1. The summed E-state index contributed by atoms with van der Waals surface area (Å²) in [6, 6.07) is 5.11. The summed E-state index contributed by atoms with van der Waals surface area (Å²) in [5, 5.41) is 3.02. The van der Waals surface area contributed by atoms with Crippen LogP contribution in [0.25, 0.3) is 0 Å². The van der Waals surface area contributed by atoms with Crippen molar-refractivity contribution in [1.82, 2.24) is 15.1 Å². The molecule has 2 unspecified atom stereocenters. The average molecular weight is 444 g/mol. The normalized spacial score (nSPS) is 24.1. The summed E-state index contributed by atoms with van der Waals surface area (Å²) in [4.78, 5) is 42.1. The van der Waals surface area contributed by atoms with E-state index in [1.54, 1.807) is 6.07 Å². The van der Waals surface area contributed by atoms with Gasteiger partial charge in [-0.05, 0) is 48.8 Å². The van der Waals surface area contributed by atoms with E-state index in [1.165, 1.54) is 4.90 Å². The first-order valence-electron chi connectivity index (χ1n) is 11.7. The van der Waals surface area contributed by atoms with Crippen molar-refractivity contribution in [2.75, 3.05) is 19.9 Å². The van der Waals surface area contributed by atoms with Gasteiger partial charge in [0.25, 0.3) is 5.91 Å². The summed E-state index contributed by atoms with van der Waals surface area (Å²) in [5.41, 5.74) is -0.0886. The summed E-state index contributed by atoms with van der Waals surface area (Å²) in [6.07, 6.45) is 3.51. The van der Waals surface area contributed by atoms with Gasteiger partial charge in [0.15, 0.2) is 11.5 Å². The van der Waals surface area contributed by atoms with E-state index in [9.17, 15) is 14.4 Å². The minimum Gasteiger partial charge on any atom is -0.454 e. The van der Waals surface area contributed by atoms with E-state index < -0.39 is 5.54 Å². The molecule has 0 spiro atoms. The van der Waals surface area contributed by atoms with Crippen LogP contribution in [0.3, 0.4) is 0 Å². The number of amides is 4. The van der Waals surface area contributed by atoms with Crippen LogP contribution in [0, 0.1) is 11.8 Å². The highest BCUT2D eigenvalue weighted by atomic mass is 16.7. The van der Waals surface area contributed by atoms with Crippen LogP contribution in [-0.2, 0) is 16.1 Å². The van der Waals surface area contributed by atoms with Crippen LogP contribution in [0.4, 0.5) is 4.79 Å². The monoisotopic (exact) mass is 443 g/mol. The minimum atomic E-state index is -0.904. The number of imide groups is 1. The molecule has 0 aliphatic carbocycles. The summed E-state index contributed by atoms with van der Waals surface area (Å²) in [5.74, 6) is 1.71. The van der Waals surface area contributed by atoms with Gasteiger partial charge >= 0.3 is 6.03 Å². The highest BCUT2D eigenvalue weighted by Gasteiger charge is 2.54. The van der Waals surface area contributed by atoms with Crippen molar-refractivity contribution < 1.29 is 23.9 Å². The fraction of sp³-hybridized carbons (Fsp3) is 0.625. The number of carbonyl (C=O) groups is 3. The van der Waals surface area contributed by atoms with Crippen LogP contribution in [0.2, 0.25) is 0 Å². The van der Waals surface area contributed by atoms with E-state index in [0.717, 1.165) is 12.0 Å². The molecular weight excluding hydrogens is 410 g/mol. The molecule has 2 saturated heterocycles. The maximum atomic E-state index is 13.5. The SMILES string of the molecule is CCC(C)CC(=O)N1CCC(C2(CC)NC(=O)N(Cc3ccc4c(c3)OCO4)C2=O)CC1. The molecule has 32 heavy (non-hydrogen) atoms. The number of benzene rings is 1. The molecule has 2 fully saturated rings. The van der Waals surface area contributed by atoms with Gasteiger partial charge < -0.3 is 19.7 Å². The molecule has 3 heterocycles. The highest BCUT2D eigenvalue weighted by molar-refractivity contribution is 6.07. The Labute approximate surface area is 189 Å². The molecule has 0 saturated carbocycles. The highest BCUT2D eigenvalue weighted by Crippen LogP contribution is 2.38. The lowest BCUT2D eigenvalue weighted by Crippen LogP contribution is -2.56. The molecular formula is C24H33N3O5. The first kappa shape index (κ1) is 22.4. The molecule has 4 rings (SSSR count). The summed E-state index contributed by atoms with van der Waals surface area (Å²) in [7, 11) is 0. The van der Waals surface area contributed by atoms with Crippen LogP contribution < -0.4 is 14.8 Å². The zero-order valence-electron chi connectivity index (χ0n) is 19.2. The Kier molecular flexibility index (Phi) is 6.31. The van der Waals surface area contributed by atoms with Gasteiger partial charge in [-0.2, -0.15) is 0 Å². The van der Waals surface area contributed by atoms with Crippen molar-refractivity contribution in [1.29, 1.82) is 0 Å². The van der Waals surface area contributed by atoms with Crippen LogP contribution in [0.5, 0.6) is 11.5 Å². The Morgan fingerprint density at radius 3 is 2.59 bits per heavy atom. The van der Waals surface area contributed by atoms with Gasteiger partial charge in [0.05, 0.1) is 6.54 Å². The number of piperidine rings is 1. The number of ether oxygens (including phenoxy) is 2. The van der Waals surface area contributed by atoms with Gasteiger partial charge in [-0.25, -0.2) is 4.79 Å².